The predicted octanol–water partition coefficient (Wildman–Crippen LogP) is 3.97. The molecule has 0 spiro atoms. The van der Waals surface area contributed by atoms with Gasteiger partial charge in [0.1, 0.15) is 5.82 Å². The van der Waals surface area contributed by atoms with Crippen molar-refractivity contribution < 1.29 is 4.39 Å². The van der Waals surface area contributed by atoms with Crippen molar-refractivity contribution in [1.82, 2.24) is 10.2 Å². The fourth-order valence-corrected chi connectivity index (χ4v) is 3.76. The Kier molecular flexibility index (Phi) is 6.00. The van der Waals surface area contributed by atoms with Crippen LogP contribution in [0.1, 0.15) is 37.8 Å². The van der Waals surface area contributed by atoms with E-state index in [1.807, 2.05) is 6.07 Å². The maximum atomic E-state index is 13.3. The molecule has 1 aromatic carbocycles. The standard InChI is InChI=1S/C16H24BrFN2/c1-3-8-19-11-12-5-4-9-20(2)16(12)14-7-6-13(18)10-15(14)17/h6-7,10,12,16,19H,3-5,8-9,11H2,1-2H3. The maximum absolute atomic E-state index is 13.3. The number of hydrogen-bond acceptors (Lipinski definition) is 2. The minimum absolute atomic E-state index is 0.181. The SMILES string of the molecule is CCCNCC1CCCN(C)C1c1ccc(F)cc1Br. The zero-order valence-corrected chi connectivity index (χ0v) is 13.9. The minimum Gasteiger partial charge on any atom is -0.316 e. The van der Waals surface area contributed by atoms with Crippen LogP contribution in [0.25, 0.3) is 0 Å². The number of rotatable bonds is 5. The van der Waals surface area contributed by atoms with E-state index >= 15 is 0 Å². The van der Waals surface area contributed by atoms with Crippen LogP contribution in [0.5, 0.6) is 0 Å². The molecule has 20 heavy (non-hydrogen) atoms. The molecule has 1 fully saturated rings. The molecule has 2 atom stereocenters. The van der Waals surface area contributed by atoms with Gasteiger partial charge in [0, 0.05) is 10.5 Å². The molecule has 0 aromatic heterocycles. The summed E-state index contributed by atoms with van der Waals surface area (Å²) in [5.41, 5.74) is 1.21. The van der Waals surface area contributed by atoms with Gasteiger partial charge < -0.3 is 5.32 Å². The molecule has 0 aliphatic carbocycles. The fraction of sp³-hybridized carbons (Fsp3) is 0.625. The highest BCUT2D eigenvalue weighted by Crippen LogP contribution is 2.38. The molecule has 1 saturated heterocycles. The fourth-order valence-electron chi connectivity index (χ4n) is 3.17. The molecule has 1 aromatic rings. The molecule has 0 amide bonds. The van der Waals surface area contributed by atoms with Crippen molar-refractivity contribution in [3.8, 4) is 0 Å². The first-order valence-electron chi connectivity index (χ1n) is 7.49. The van der Waals surface area contributed by atoms with Gasteiger partial charge in [-0.3, -0.25) is 4.90 Å². The van der Waals surface area contributed by atoms with Crippen LogP contribution in [0.4, 0.5) is 4.39 Å². The third-order valence-electron chi connectivity index (χ3n) is 4.12. The van der Waals surface area contributed by atoms with E-state index in [0.29, 0.717) is 12.0 Å². The molecule has 2 rings (SSSR count). The zero-order valence-electron chi connectivity index (χ0n) is 12.3. The number of benzene rings is 1. The van der Waals surface area contributed by atoms with Gasteiger partial charge in [-0.1, -0.05) is 28.9 Å². The van der Waals surface area contributed by atoms with Crippen molar-refractivity contribution in [3.05, 3.63) is 34.1 Å². The van der Waals surface area contributed by atoms with E-state index in [-0.39, 0.29) is 5.82 Å². The number of likely N-dealkylation sites (tertiary alicyclic amines) is 1. The first-order valence-corrected chi connectivity index (χ1v) is 8.28. The maximum Gasteiger partial charge on any atom is 0.124 e. The van der Waals surface area contributed by atoms with Crippen molar-refractivity contribution in [2.75, 3.05) is 26.7 Å². The van der Waals surface area contributed by atoms with E-state index in [0.717, 1.165) is 30.5 Å². The van der Waals surface area contributed by atoms with Gasteiger partial charge >= 0.3 is 0 Å². The molecule has 0 radical (unpaired) electrons. The summed E-state index contributed by atoms with van der Waals surface area (Å²) in [5, 5.41) is 3.54. The lowest BCUT2D eigenvalue weighted by Gasteiger charge is -2.40. The lowest BCUT2D eigenvalue weighted by molar-refractivity contribution is 0.119. The Morgan fingerprint density at radius 3 is 2.95 bits per heavy atom. The molecule has 2 nitrogen and oxygen atoms in total. The van der Waals surface area contributed by atoms with Crippen LogP contribution in [-0.2, 0) is 0 Å². The Morgan fingerprint density at radius 1 is 1.45 bits per heavy atom. The van der Waals surface area contributed by atoms with Gasteiger partial charge in [-0.05, 0) is 69.6 Å². The van der Waals surface area contributed by atoms with E-state index in [1.54, 1.807) is 12.1 Å². The van der Waals surface area contributed by atoms with Crippen molar-refractivity contribution in [1.29, 1.82) is 0 Å². The van der Waals surface area contributed by atoms with Crippen LogP contribution in [0.3, 0.4) is 0 Å². The minimum atomic E-state index is -0.181. The van der Waals surface area contributed by atoms with Gasteiger partial charge in [-0.2, -0.15) is 0 Å². The smallest absolute Gasteiger partial charge is 0.124 e. The van der Waals surface area contributed by atoms with Gasteiger partial charge in [0.15, 0.2) is 0 Å². The largest absolute Gasteiger partial charge is 0.316 e. The third kappa shape index (κ3) is 3.80. The first-order chi connectivity index (χ1) is 9.63. The highest BCUT2D eigenvalue weighted by atomic mass is 79.9. The summed E-state index contributed by atoms with van der Waals surface area (Å²) in [6, 6.07) is 5.44. The van der Waals surface area contributed by atoms with Gasteiger partial charge in [-0.25, -0.2) is 4.39 Å². The topological polar surface area (TPSA) is 15.3 Å². The molecule has 1 aliphatic rings. The monoisotopic (exact) mass is 342 g/mol. The molecule has 0 bridgehead atoms. The molecular formula is C16H24BrFN2. The highest BCUT2D eigenvalue weighted by molar-refractivity contribution is 9.10. The first kappa shape index (κ1) is 15.9. The molecular weight excluding hydrogens is 319 g/mol. The molecule has 1 aliphatic heterocycles. The van der Waals surface area contributed by atoms with Crippen LogP contribution in [0.2, 0.25) is 0 Å². The summed E-state index contributed by atoms with van der Waals surface area (Å²) in [6.45, 7) is 5.40. The number of nitrogens with one attached hydrogen (secondary N) is 1. The van der Waals surface area contributed by atoms with Gasteiger partial charge in [-0.15, -0.1) is 0 Å². The third-order valence-corrected chi connectivity index (χ3v) is 4.81. The van der Waals surface area contributed by atoms with Crippen LogP contribution >= 0.6 is 15.9 Å². The summed E-state index contributed by atoms with van der Waals surface area (Å²) < 4.78 is 14.2. The van der Waals surface area contributed by atoms with Crippen LogP contribution in [-0.4, -0.2) is 31.6 Å². The Labute approximate surface area is 129 Å². The summed E-state index contributed by atoms with van der Waals surface area (Å²) in [5.74, 6) is 0.404. The second kappa shape index (κ2) is 7.53. The van der Waals surface area contributed by atoms with E-state index in [2.05, 4.69) is 40.1 Å². The number of piperidine rings is 1. The average molecular weight is 343 g/mol. The normalized spacial score (nSPS) is 24.0. The quantitative estimate of drug-likeness (QED) is 0.814. The van der Waals surface area contributed by atoms with Crippen molar-refractivity contribution >= 4 is 15.9 Å². The van der Waals surface area contributed by atoms with Crippen molar-refractivity contribution in [2.24, 2.45) is 5.92 Å². The number of hydrogen-bond donors (Lipinski definition) is 1. The lowest BCUT2D eigenvalue weighted by atomic mass is 9.85. The zero-order chi connectivity index (χ0) is 14.5. The summed E-state index contributed by atoms with van der Waals surface area (Å²) >= 11 is 3.53. The Morgan fingerprint density at radius 2 is 2.25 bits per heavy atom. The summed E-state index contributed by atoms with van der Waals surface area (Å²) in [4.78, 5) is 2.40. The second-order valence-electron chi connectivity index (χ2n) is 5.70. The van der Waals surface area contributed by atoms with Crippen LogP contribution in [0, 0.1) is 11.7 Å². The summed E-state index contributed by atoms with van der Waals surface area (Å²) in [7, 11) is 2.17. The van der Waals surface area contributed by atoms with Crippen LogP contribution < -0.4 is 5.32 Å². The lowest BCUT2D eigenvalue weighted by Crippen LogP contribution is -2.40. The molecule has 2 unspecified atom stereocenters. The molecule has 1 heterocycles. The second-order valence-corrected chi connectivity index (χ2v) is 6.55. The van der Waals surface area contributed by atoms with Gasteiger partial charge in [0.05, 0.1) is 0 Å². The van der Waals surface area contributed by atoms with Gasteiger partial charge in [0.25, 0.3) is 0 Å². The van der Waals surface area contributed by atoms with Crippen molar-refractivity contribution in [2.45, 2.75) is 32.2 Å². The van der Waals surface area contributed by atoms with Gasteiger partial charge in [0.2, 0.25) is 0 Å². The van der Waals surface area contributed by atoms with E-state index in [9.17, 15) is 4.39 Å². The van der Waals surface area contributed by atoms with Crippen LogP contribution in [0.15, 0.2) is 22.7 Å². The number of nitrogens with zero attached hydrogens (tertiary/aromatic N) is 1. The Hall–Kier alpha value is -0.450. The Balaban J connectivity index is 2.18. The van der Waals surface area contributed by atoms with E-state index in [1.165, 1.54) is 18.4 Å². The summed E-state index contributed by atoms with van der Waals surface area (Å²) in [6.07, 6.45) is 3.63. The molecule has 4 heteroatoms. The van der Waals surface area contributed by atoms with E-state index in [4.69, 9.17) is 0 Å². The molecule has 112 valence electrons. The predicted molar refractivity (Wildman–Crippen MR) is 85.4 cm³/mol. The average Bonchev–Trinajstić information content (AvgIpc) is 2.41. The van der Waals surface area contributed by atoms with Crippen molar-refractivity contribution in [3.63, 3.8) is 0 Å². The number of halogens is 2. The Bertz CT molecular complexity index is 438. The highest BCUT2D eigenvalue weighted by Gasteiger charge is 2.31. The molecule has 1 N–H and O–H groups in total. The van der Waals surface area contributed by atoms with E-state index < -0.39 is 0 Å². The molecule has 0 saturated carbocycles.